The van der Waals surface area contributed by atoms with Crippen LogP contribution in [0, 0.1) is 13.8 Å². The van der Waals surface area contributed by atoms with Gasteiger partial charge in [-0.15, -0.1) is 0 Å². The summed E-state index contributed by atoms with van der Waals surface area (Å²) in [5.74, 6) is -0.556. The van der Waals surface area contributed by atoms with Gasteiger partial charge in [0.2, 0.25) is 11.8 Å². The zero-order valence-electron chi connectivity index (χ0n) is 15.1. The Kier molecular flexibility index (Phi) is 6.92. The van der Waals surface area contributed by atoms with E-state index >= 15 is 0 Å². The fraction of sp³-hybridized carbons (Fsp3) is 0.250. The molecule has 0 aromatic heterocycles. The number of anilines is 1. The minimum Gasteiger partial charge on any atom is -0.326 e. The van der Waals surface area contributed by atoms with Crippen LogP contribution in [0.15, 0.2) is 47.6 Å². The first-order chi connectivity index (χ1) is 12.4. The summed E-state index contributed by atoms with van der Waals surface area (Å²) < 4.78 is 0. The Hall–Kier alpha value is -2.66. The minimum absolute atomic E-state index is 0.0517. The van der Waals surface area contributed by atoms with Gasteiger partial charge in [0.1, 0.15) is 0 Å². The van der Waals surface area contributed by atoms with Crippen molar-refractivity contribution in [2.45, 2.75) is 33.6 Å². The number of rotatable bonds is 6. The van der Waals surface area contributed by atoms with Crippen LogP contribution in [0.3, 0.4) is 0 Å². The number of hydrogen-bond donors (Lipinski definition) is 2. The van der Waals surface area contributed by atoms with E-state index in [9.17, 15) is 9.59 Å². The molecular formula is C20H22ClN3O2. The van der Waals surface area contributed by atoms with E-state index in [2.05, 4.69) is 15.8 Å². The molecule has 0 aliphatic carbocycles. The minimum atomic E-state index is -0.311. The van der Waals surface area contributed by atoms with Crippen LogP contribution < -0.4 is 10.7 Å². The Bertz CT molecular complexity index is 829. The topological polar surface area (TPSA) is 70.6 Å². The van der Waals surface area contributed by atoms with Crippen molar-refractivity contribution in [3.05, 3.63) is 64.2 Å². The average molecular weight is 372 g/mol. The Labute approximate surface area is 158 Å². The zero-order valence-corrected chi connectivity index (χ0v) is 15.9. The van der Waals surface area contributed by atoms with Crippen molar-refractivity contribution in [2.75, 3.05) is 5.32 Å². The first kappa shape index (κ1) is 19.7. The molecule has 0 saturated heterocycles. The van der Waals surface area contributed by atoms with Gasteiger partial charge < -0.3 is 5.32 Å². The number of benzene rings is 2. The summed E-state index contributed by atoms with van der Waals surface area (Å²) in [6.45, 7) is 5.65. The molecule has 2 rings (SSSR count). The van der Waals surface area contributed by atoms with Crippen molar-refractivity contribution in [1.82, 2.24) is 5.43 Å². The number of hydrogen-bond acceptors (Lipinski definition) is 3. The molecule has 6 heteroatoms. The Morgan fingerprint density at radius 2 is 1.65 bits per heavy atom. The molecule has 0 fully saturated rings. The highest BCUT2D eigenvalue weighted by Gasteiger charge is 2.09. The third kappa shape index (κ3) is 5.70. The molecule has 2 aromatic rings. The van der Waals surface area contributed by atoms with E-state index in [-0.39, 0.29) is 24.7 Å². The lowest BCUT2D eigenvalue weighted by atomic mass is 10.1. The fourth-order valence-electron chi connectivity index (χ4n) is 2.24. The molecule has 0 spiro atoms. The normalized spacial score (nSPS) is 11.2. The van der Waals surface area contributed by atoms with Crippen molar-refractivity contribution in [1.29, 1.82) is 0 Å². The molecule has 0 aliphatic heterocycles. The van der Waals surface area contributed by atoms with Crippen LogP contribution in [-0.4, -0.2) is 17.5 Å². The number of carbonyl (C=O) groups excluding carboxylic acids is 2. The molecule has 136 valence electrons. The van der Waals surface area contributed by atoms with Crippen LogP contribution in [0.4, 0.5) is 5.69 Å². The van der Waals surface area contributed by atoms with Crippen LogP contribution in [0.5, 0.6) is 0 Å². The van der Waals surface area contributed by atoms with Gasteiger partial charge in [0, 0.05) is 23.6 Å². The van der Waals surface area contributed by atoms with E-state index < -0.39 is 0 Å². The number of amides is 2. The summed E-state index contributed by atoms with van der Waals surface area (Å²) in [6.07, 6.45) is 0.118. The zero-order chi connectivity index (χ0) is 19.1. The molecule has 0 bridgehead atoms. The van der Waals surface area contributed by atoms with Gasteiger partial charge in [0.05, 0.1) is 5.71 Å². The number of halogens is 1. The van der Waals surface area contributed by atoms with Gasteiger partial charge in [-0.05, 0) is 44.0 Å². The van der Waals surface area contributed by atoms with Crippen LogP contribution in [-0.2, 0) is 9.59 Å². The average Bonchev–Trinajstić information content (AvgIpc) is 2.62. The predicted octanol–water partition coefficient (Wildman–Crippen LogP) is 4.22. The number of carbonyl (C=O) groups is 2. The molecule has 0 heterocycles. The third-order valence-corrected chi connectivity index (χ3v) is 4.35. The van der Waals surface area contributed by atoms with Crippen LogP contribution in [0.1, 0.15) is 36.5 Å². The molecule has 2 amide bonds. The standard InChI is InChI=1S/C20H22ClN3O2/c1-13-7-9-16(10-8-13)15(3)23-24-20(26)12-11-19(25)22-18-6-4-5-17(21)14(18)2/h4-10H,11-12H2,1-3H3,(H,22,25)(H,24,26)/b23-15-. The van der Waals surface area contributed by atoms with Crippen molar-refractivity contribution >= 4 is 34.8 Å². The van der Waals surface area contributed by atoms with Gasteiger partial charge in [-0.25, -0.2) is 5.43 Å². The molecule has 0 saturated carbocycles. The number of nitrogens with one attached hydrogen (secondary N) is 2. The number of hydrazone groups is 1. The van der Waals surface area contributed by atoms with Gasteiger partial charge in [-0.3, -0.25) is 9.59 Å². The summed E-state index contributed by atoms with van der Waals surface area (Å²) >= 11 is 6.02. The summed E-state index contributed by atoms with van der Waals surface area (Å²) in [7, 11) is 0. The Morgan fingerprint density at radius 3 is 2.35 bits per heavy atom. The van der Waals surface area contributed by atoms with Crippen molar-refractivity contribution in [3.63, 3.8) is 0 Å². The largest absolute Gasteiger partial charge is 0.326 e. The first-order valence-corrected chi connectivity index (χ1v) is 8.69. The molecular weight excluding hydrogens is 350 g/mol. The second kappa shape index (κ2) is 9.15. The highest BCUT2D eigenvalue weighted by Crippen LogP contribution is 2.23. The van der Waals surface area contributed by atoms with E-state index in [1.807, 2.05) is 45.0 Å². The monoisotopic (exact) mass is 371 g/mol. The van der Waals surface area contributed by atoms with E-state index in [4.69, 9.17) is 11.6 Å². The number of aryl methyl sites for hydroxylation is 1. The summed E-state index contributed by atoms with van der Waals surface area (Å²) in [4.78, 5) is 23.9. The van der Waals surface area contributed by atoms with Gasteiger partial charge >= 0.3 is 0 Å². The van der Waals surface area contributed by atoms with Gasteiger partial charge in [0.15, 0.2) is 0 Å². The van der Waals surface area contributed by atoms with Crippen LogP contribution >= 0.6 is 11.6 Å². The second-order valence-corrected chi connectivity index (χ2v) is 6.47. The number of nitrogens with zero attached hydrogens (tertiary/aromatic N) is 1. The third-order valence-electron chi connectivity index (χ3n) is 3.94. The summed E-state index contributed by atoms with van der Waals surface area (Å²) in [5, 5.41) is 7.43. The second-order valence-electron chi connectivity index (χ2n) is 6.06. The lowest BCUT2D eigenvalue weighted by Crippen LogP contribution is -2.22. The van der Waals surface area contributed by atoms with Crippen molar-refractivity contribution in [3.8, 4) is 0 Å². The molecule has 2 N–H and O–H groups in total. The first-order valence-electron chi connectivity index (χ1n) is 8.32. The molecule has 2 aromatic carbocycles. The van der Waals surface area contributed by atoms with Gasteiger partial charge in [-0.2, -0.15) is 5.10 Å². The van der Waals surface area contributed by atoms with Crippen LogP contribution in [0.2, 0.25) is 5.02 Å². The van der Waals surface area contributed by atoms with Crippen LogP contribution in [0.25, 0.3) is 0 Å². The molecule has 5 nitrogen and oxygen atoms in total. The highest BCUT2D eigenvalue weighted by molar-refractivity contribution is 6.31. The smallest absolute Gasteiger partial charge is 0.240 e. The lowest BCUT2D eigenvalue weighted by Gasteiger charge is -2.09. The van der Waals surface area contributed by atoms with E-state index in [1.54, 1.807) is 18.2 Å². The van der Waals surface area contributed by atoms with E-state index in [0.29, 0.717) is 16.4 Å². The quantitative estimate of drug-likeness (QED) is 0.589. The maximum absolute atomic E-state index is 12.0. The molecule has 26 heavy (non-hydrogen) atoms. The predicted molar refractivity (Wildman–Crippen MR) is 106 cm³/mol. The maximum Gasteiger partial charge on any atom is 0.240 e. The maximum atomic E-state index is 12.0. The van der Waals surface area contributed by atoms with Crippen molar-refractivity contribution in [2.24, 2.45) is 5.10 Å². The van der Waals surface area contributed by atoms with E-state index in [0.717, 1.165) is 16.7 Å². The van der Waals surface area contributed by atoms with E-state index in [1.165, 1.54) is 0 Å². The Morgan fingerprint density at radius 1 is 1.00 bits per heavy atom. The fourth-order valence-corrected chi connectivity index (χ4v) is 2.42. The SMILES string of the molecule is C/C(=N/NC(=O)CCC(=O)Nc1cccc(Cl)c1C)c1ccc(C)cc1. The Balaban J connectivity index is 1.82. The molecule has 0 aliphatic rings. The highest BCUT2D eigenvalue weighted by atomic mass is 35.5. The summed E-state index contributed by atoms with van der Waals surface area (Å²) in [5.41, 5.74) is 6.73. The molecule has 0 unspecified atom stereocenters. The molecule has 0 radical (unpaired) electrons. The lowest BCUT2D eigenvalue weighted by molar-refractivity contribution is -0.124. The van der Waals surface area contributed by atoms with Gasteiger partial charge in [-0.1, -0.05) is 47.5 Å². The molecule has 0 atom stereocenters. The van der Waals surface area contributed by atoms with Crippen molar-refractivity contribution < 1.29 is 9.59 Å². The van der Waals surface area contributed by atoms with Gasteiger partial charge in [0.25, 0.3) is 0 Å². The summed E-state index contributed by atoms with van der Waals surface area (Å²) in [6, 6.07) is 13.2.